The van der Waals surface area contributed by atoms with Gasteiger partial charge in [-0.1, -0.05) is 29.3 Å². The SMILES string of the molecule is O=C(CCNc1cccc(Cl)c1Cl)Nc1ccc2c(c1)OCCO2. The number of halogens is 2. The summed E-state index contributed by atoms with van der Waals surface area (Å²) < 4.78 is 10.9. The number of nitrogens with one attached hydrogen (secondary N) is 2. The maximum atomic E-state index is 12.0. The van der Waals surface area contributed by atoms with E-state index in [9.17, 15) is 4.79 Å². The third-order valence-corrected chi connectivity index (χ3v) is 4.26. The zero-order chi connectivity index (χ0) is 16.9. The molecule has 2 aromatic carbocycles. The average molecular weight is 367 g/mol. The minimum absolute atomic E-state index is 0.114. The summed E-state index contributed by atoms with van der Waals surface area (Å²) in [6.45, 7) is 1.49. The number of ether oxygens (including phenoxy) is 2. The van der Waals surface area contributed by atoms with Crippen LogP contribution in [0.4, 0.5) is 11.4 Å². The molecule has 1 amide bonds. The van der Waals surface area contributed by atoms with Gasteiger partial charge in [0, 0.05) is 24.7 Å². The largest absolute Gasteiger partial charge is 0.486 e. The van der Waals surface area contributed by atoms with Crippen LogP contribution < -0.4 is 20.1 Å². The van der Waals surface area contributed by atoms with E-state index in [-0.39, 0.29) is 12.3 Å². The van der Waals surface area contributed by atoms with E-state index in [0.29, 0.717) is 52.7 Å². The van der Waals surface area contributed by atoms with Gasteiger partial charge >= 0.3 is 0 Å². The van der Waals surface area contributed by atoms with Crippen molar-refractivity contribution in [3.05, 3.63) is 46.4 Å². The topological polar surface area (TPSA) is 59.6 Å². The van der Waals surface area contributed by atoms with E-state index in [1.54, 1.807) is 30.3 Å². The van der Waals surface area contributed by atoms with Gasteiger partial charge in [0.15, 0.2) is 11.5 Å². The lowest BCUT2D eigenvalue weighted by atomic mass is 10.2. The van der Waals surface area contributed by atoms with E-state index >= 15 is 0 Å². The first-order valence-electron chi connectivity index (χ1n) is 7.51. The molecule has 0 aromatic heterocycles. The Bertz CT molecular complexity index is 753. The lowest BCUT2D eigenvalue weighted by Gasteiger charge is -2.19. The van der Waals surface area contributed by atoms with Crippen LogP contribution in [-0.4, -0.2) is 25.7 Å². The third kappa shape index (κ3) is 4.04. The van der Waals surface area contributed by atoms with Gasteiger partial charge in [0.25, 0.3) is 0 Å². The number of benzene rings is 2. The minimum atomic E-state index is -0.114. The molecule has 0 atom stereocenters. The van der Waals surface area contributed by atoms with Crippen molar-refractivity contribution in [3.8, 4) is 11.5 Å². The molecule has 0 unspecified atom stereocenters. The Morgan fingerprint density at radius 2 is 1.88 bits per heavy atom. The molecule has 0 saturated carbocycles. The molecule has 1 heterocycles. The highest BCUT2D eigenvalue weighted by molar-refractivity contribution is 6.43. The Hall–Kier alpha value is -2.11. The van der Waals surface area contributed by atoms with Crippen molar-refractivity contribution in [2.24, 2.45) is 0 Å². The molecular formula is C17H16Cl2N2O3. The average Bonchev–Trinajstić information content (AvgIpc) is 2.58. The second-order valence-electron chi connectivity index (χ2n) is 5.18. The van der Waals surface area contributed by atoms with Crippen LogP contribution in [0.3, 0.4) is 0 Å². The second kappa shape index (κ2) is 7.64. The van der Waals surface area contributed by atoms with E-state index in [1.165, 1.54) is 0 Å². The number of amides is 1. The van der Waals surface area contributed by atoms with Crippen LogP contribution in [0.15, 0.2) is 36.4 Å². The van der Waals surface area contributed by atoms with Crippen LogP contribution in [0, 0.1) is 0 Å². The first-order chi connectivity index (χ1) is 11.6. The van der Waals surface area contributed by atoms with E-state index in [4.69, 9.17) is 32.7 Å². The van der Waals surface area contributed by atoms with Crippen molar-refractivity contribution in [2.45, 2.75) is 6.42 Å². The highest BCUT2D eigenvalue weighted by Gasteiger charge is 2.12. The fourth-order valence-corrected chi connectivity index (χ4v) is 2.66. The lowest BCUT2D eigenvalue weighted by molar-refractivity contribution is -0.115. The number of hydrogen-bond acceptors (Lipinski definition) is 4. The van der Waals surface area contributed by atoms with Crippen molar-refractivity contribution < 1.29 is 14.3 Å². The fraction of sp³-hybridized carbons (Fsp3) is 0.235. The molecule has 1 aliphatic rings. The molecule has 24 heavy (non-hydrogen) atoms. The lowest BCUT2D eigenvalue weighted by Crippen LogP contribution is -2.18. The highest BCUT2D eigenvalue weighted by atomic mass is 35.5. The van der Waals surface area contributed by atoms with Gasteiger partial charge in [-0.05, 0) is 24.3 Å². The maximum absolute atomic E-state index is 12.0. The summed E-state index contributed by atoms with van der Waals surface area (Å²) in [4.78, 5) is 12.0. The monoisotopic (exact) mass is 366 g/mol. The number of anilines is 2. The molecule has 2 aromatic rings. The molecular weight excluding hydrogens is 351 g/mol. The Kier molecular flexibility index (Phi) is 5.33. The van der Waals surface area contributed by atoms with Crippen LogP contribution in [0.2, 0.25) is 10.0 Å². The summed E-state index contributed by atoms with van der Waals surface area (Å²) in [6.07, 6.45) is 0.289. The summed E-state index contributed by atoms with van der Waals surface area (Å²) in [5, 5.41) is 6.85. The van der Waals surface area contributed by atoms with E-state index in [0.717, 1.165) is 0 Å². The molecule has 126 valence electrons. The Morgan fingerprint density at radius 3 is 2.71 bits per heavy atom. The Morgan fingerprint density at radius 1 is 1.08 bits per heavy atom. The van der Waals surface area contributed by atoms with E-state index < -0.39 is 0 Å². The molecule has 7 heteroatoms. The van der Waals surface area contributed by atoms with Crippen molar-refractivity contribution in [1.82, 2.24) is 0 Å². The number of rotatable bonds is 5. The smallest absolute Gasteiger partial charge is 0.226 e. The molecule has 0 fully saturated rings. The molecule has 0 saturated heterocycles. The quantitative estimate of drug-likeness (QED) is 0.832. The standard InChI is InChI=1S/C17H16Cl2N2O3/c18-12-2-1-3-13(17(12)19)20-7-6-16(22)21-11-4-5-14-15(10-11)24-9-8-23-14/h1-5,10,20H,6-9H2,(H,21,22). The van der Waals surface area contributed by atoms with Crippen LogP contribution >= 0.6 is 23.2 Å². The van der Waals surface area contributed by atoms with Crippen molar-refractivity contribution in [2.75, 3.05) is 30.4 Å². The summed E-state index contributed by atoms with van der Waals surface area (Å²) in [5.74, 6) is 1.22. The van der Waals surface area contributed by atoms with Crippen molar-refractivity contribution in [1.29, 1.82) is 0 Å². The first-order valence-corrected chi connectivity index (χ1v) is 8.26. The Labute approximate surface area is 149 Å². The van der Waals surface area contributed by atoms with Gasteiger partial charge < -0.3 is 20.1 Å². The normalized spacial score (nSPS) is 12.6. The third-order valence-electron chi connectivity index (χ3n) is 3.45. The maximum Gasteiger partial charge on any atom is 0.226 e. The molecule has 0 radical (unpaired) electrons. The van der Waals surface area contributed by atoms with Gasteiger partial charge in [0.05, 0.1) is 15.7 Å². The second-order valence-corrected chi connectivity index (χ2v) is 5.97. The van der Waals surface area contributed by atoms with Crippen LogP contribution in [0.5, 0.6) is 11.5 Å². The van der Waals surface area contributed by atoms with Gasteiger partial charge in [-0.25, -0.2) is 0 Å². The van der Waals surface area contributed by atoms with Crippen LogP contribution in [0.25, 0.3) is 0 Å². The molecule has 1 aliphatic heterocycles. The fourth-order valence-electron chi connectivity index (χ4n) is 2.30. The number of carbonyl (C=O) groups excluding carboxylic acids is 1. The van der Waals surface area contributed by atoms with Gasteiger partial charge in [-0.3, -0.25) is 4.79 Å². The molecule has 0 aliphatic carbocycles. The Balaban J connectivity index is 1.52. The number of hydrogen-bond donors (Lipinski definition) is 2. The first kappa shape index (κ1) is 16.7. The predicted octanol–water partition coefficient (Wildman–Crippen LogP) is 4.21. The highest BCUT2D eigenvalue weighted by Crippen LogP contribution is 2.32. The summed E-state index contributed by atoms with van der Waals surface area (Å²) in [6, 6.07) is 10.6. The predicted molar refractivity (Wildman–Crippen MR) is 95.6 cm³/mol. The number of fused-ring (bicyclic) bond motifs is 1. The molecule has 5 nitrogen and oxygen atoms in total. The van der Waals surface area contributed by atoms with E-state index in [2.05, 4.69) is 10.6 Å². The summed E-state index contributed by atoms with van der Waals surface area (Å²) in [7, 11) is 0. The van der Waals surface area contributed by atoms with Gasteiger partial charge in [-0.15, -0.1) is 0 Å². The van der Waals surface area contributed by atoms with Crippen LogP contribution in [0.1, 0.15) is 6.42 Å². The molecule has 3 rings (SSSR count). The van der Waals surface area contributed by atoms with Gasteiger partial charge in [0.2, 0.25) is 5.91 Å². The van der Waals surface area contributed by atoms with Crippen molar-refractivity contribution >= 4 is 40.5 Å². The zero-order valence-electron chi connectivity index (χ0n) is 12.8. The minimum Gasteiger partial charge on any atom is -0.486 e. The molecule has 2 N–H and O–H groups in total. The molecule has 0 spiro atoms. The van der Waals surface area contributed by atoms with Crippen molar-refractivity contribution in [3.63, 3.8) is 0 Å². The van der Waals surface area contributed by atoms with Gasteiger partial charge in [0.1, 0.15) is 13.2 Å². The summed E-state index contributed by atoms with van der Waals surface area (Å²) >= 11 is 12.0. The van der Waals surface area contributed by atoms with Crippen LogP contribution in [-0.2, 0) is 4.79 Å². The van der Waals surface area contributed by atoms with Gasteiger partial charge in [-0.2, -0.15) is 0 Å². The number of carbonyl (C=O) groups is 1. The molecule has 0 bridgehead atoms. The van der Waals surface area contributed by atoms with E-state index in [1.807, 2.05) is 6.07 Å². The zero-order valence-corrected chi connectivity index (χ0v) is 14.3. The summed E-state index contributed by atoms with van der Waals surface area (Å²) in [5.41, 5.74) is 1.38.